The van der Waals surface area contributed by atoms with Gasteiger partial charge in [0.05, 0.1) is 12.4 Å². The van der Waals surface area contributed by atoms with Gasteiger partial charge in [0, 0.05) is 11.4 Å². The molecule has 2 aromatic rings. The zero-order chi connectivity index (χ0) is 20.1. The lowest BCUT2D eigenvalue weighted by atomic mass is 10.2. The molecule has 1 aliphatic heterocycles. The standard InChI is InChI=1S/C21H19N3O3S/c1-3-27-17-10-8-16(9-11-17)24-19(25)13-28-21(24)18(12-22)20(26)23-15-6-4-14(2)5-7-15/h4-11H,3,13H2,1-2H3,(H,23,26)/b21-18-. The summed E-state index contributed by atoms with van der Waals surface area (Å²) in [4.78, 5) is 26.5. The summed E-state index contributed by atoms with van der Waals surface area (Å²) in [6.07, 6.45) is 0. The molecule has 142 valence electrons. The minimum atomic E-state index is -0.542. The summed E-state index contributed by atoms with van der Waals surface area (Å²) >= 11 is 1.18. The van der Waals surface area contributed by atoms with E-state index in [9.17, 15) is 14.9 Å². The third-order valence-corrected chi connectivity index (χ3v) is 5.10. The molecule has 0 aliphatic carbocycles. The van der Waals surface area contributed by atoms with Gasteiger partial charge in [0.25, 0.3) is 5.91 Å². The molecule has 1 aliphatic rings. The molecule has 0 bridgehead atoms. The van der Waals surface area contributed by atoms with Gasteiger partial charge in [-0.1, -0.05) is 29.5 Å². The van der Waals surface area contributed by atoms with Crippen molar-refractivity contribution in [2.24, 2.45) is 0 Å². The van der Waals surface area contributed by atoms with E-state index in [-0.39, 0.29) is 17.2 Å². The van der Waals surface area contributed by atoms with Gasteiger partial charge in [-0.15, -0.1) is 0 Å². The van der Waals surface area contributed by atoms with Crippen molar-refractivity contribution in [3.8, 4) is 11.8 Å². The molecule has 3 rings (SSSR count). The van der Waals surface area contributed by atoms with Crippen LogP contribution in [0.15, 0.2) is 59.1 Å². The Morgan fingerprint density at radius 3 is 2.50 bits per heavy atom. The fourth-order valence-electron chi connectivity index (χ4n) is 2.70. The third-order valence-electron chi connectivity index (χ3n) is 4.05. The summed E-state index contributed by atoms with van der Waals surface area (Å²) in [5.74, 6) is 0.138. The second kappa shape index (κ2) is 8.63. The SMILES string of the molecule is CCOc1ccc(N2C(=O)CS/C2=C(/C#N)C(=O)Nc2ccc(C)cc2)cc1. The number of ether oxygens (including phenoxy) is 1. The topological polar surface area (TPSA) is 82.4 Å². The summed E-state index contributed by atoms with van der Waals surface area (Å²) in [7, 11) is 0. The highest BCUT2D eigenvalue weighted by Gasteiger charge is 2.33. The van der Waals surface area contributed by atoms with Gasteiger partial charge >= 0.3 is 0 Å². The lowest BCUT2D eigenvalue weighted by Gasteiger charge is -2.19. The van der Waals surface area contributed by atoms with Crippen LogP contribution in [0, 0.1) is 18.3 Å². The van der Waals surface area contributed by atoms with E-state index in [4.69, 9.17) is 4.74 Å². The number of thioether (sulfide) groups is 1. The summed E-state index contributed by atoms with van der Waals surface area (Å²) in [6, 6.07) is 16.2. The van der Waals surface area contributed by atoms with E-state index in [0.29, 0.717) is 28.8 Å². The summed E-state index contributed by atoms with van der Waals surface area (Å²) in [6.45, 7) is 4.38. The molecule has 0 radical (unpaired) electrons. The van der Waals surface area contributed by atoms with Gasteiger partial charge in [0.1, 0.15) is 22.4 Å². The highest BCUT2D eigenvalue weighted by molar-refractivity contribution is 8.04. The zero-order valence-electron chi connectivity index (χ0n) is 15.6. The fraction of sp³-hybridized carbons (Fsp3) is 0.190. The molecule has 6 nitrogen and oxygen atoms in total. The molecule has 2 amide bonds. The number of rotatable bonds is 5. The van der Waals surface area contributed by atoms with Crippen molar-refractivity contribution in [1.29, 1.82) is 5.26 Å². The number of nitriles is 1. The fourth-order valence-corrected chi connectivity index (χ4v) is 3.71. The lowest BCUT2D eigenvalue weighted by Crippen LogP contribution is -2.26. The molecule has 28 heavy (non-hydrogen) atoms. The highest BCUT2D eigenvalue weighted by atomic mass is 32.2. The smallest absolute Gasteiger partial charge is 0.269 e. The number of hydrogen-bond donors (Lipinski definition) is 1. The van der Waals surface area contributed by atoms with Gasteiger partial charge in [-0.2, -0.15) is 5.26 Å². The lowest BCUT2D eigenvalue weighted by molar-refractivity contribution is -0.115. The summed E-state index contributed by atoms with van der Waals surface area (Å²) < 4.78 is 5.42. The number of carbonyl (C=O) groups excluding carboxylic acids is 2. The molecule has 7 heteroatoms. The van der Waals surface area contributed by atoms with Crippen LogP contribution in [0.3, 0.4) is 0 Å². The Kier molecular flexibility index (Phi) is 6.02. The number of benzene rings is 2. The Bertz CT molecular complexity index is 960. The third kappa shape index (κ3) is 4.18. The number of anilines is 2. The molecule has 1 saturated heterocycles. The number of amides is 2. The average Bonchev–Trinajstić information content (AvgIpc) is 3.06. The first-order valence-electron chi connectivity index (χ1n) is 8.74. The van der Waals surface area contributed by atoms with Gasteiger partial charge < -0.3 is 10.1 Å². The van der Waals surface area contributed by atoms with Crippen LogP contribution in [0.4, 0.5) is 11.4 Å². The largest absolute Gasteiger partial charge is 0.494 e. The van der Waals surface area contributed by atoms with Crippen LogP contribution in [0.1, 0.15) is 12.5 Å². The molecule has 1 N–H and O–H groups in total. The van der Waals surface area contributed by atoms with E-state index in [1.807, 2.05) is 32.0 Å². The normalized spacial score (nSPS) is 15.2. The molecule has 0 aromatic heterocycles. The van der Waals surface area contributed by atoms with Crippen LogP contribution in [0.25, 0.3) is 0 Å². The number of aryl methyl sites for hydroxylation is 1. The summed E-state index contributed by atoms with van der Waals surface area (Å²) in [5, 5.41) is 12.7. The van der Waals surface area contributed by atoms with Crippen molar-refractivity contribution in [1.82, 2.24) is 0 Å². The Morgan fingerprint density at radius 1 is 1.21 bits per heavy atom. The first-order valence-corrected chi connectivity index (χ1v) is 9.73. The number of carbonyl (C=O) groups is 2. The highest BCUT2D eigenvalue weighted by Crippen LogP contribution is 2.36. The van der Waals surface area contributed by atoms with Crippen molar-refractivity contribution < 1.29 is 14.3 Å². The second-order valence-electron chi connectivity index (χ2n) is 6.06. The number of nitrogens with zero attached hydrogens (tertiary/aromatic N) is 2. The van der Waals surface area contributed by atoms with Crippen LogP contribution < -0.4 is 15.0 Å². The average molecular weight is 393 g/mol. The van der Waals surface area contributed by atoms with E-state index in [1.54, 1.807) is 36.4 Å². The zero-order valence-corrected chi connectivity index (χ0v) is 16.4. The maximum absolute atomic E-state index is 12.7. The van der Waals surface area contributed by atoms with Gasteiger partial charge in [-0.05, 0) is 50.2 Å². The van der Waals surface area contributed by atoms with Crippen molar-refractivity contribution in [2.45, 2.75) is 13.8 Å². The van der Waals surface area contributed by atoms with Gasteiger partial charge in [0.2, 0.25) is 5.91 Å². The maximum Gasteiger partial charge on any atom is 0.269 e. The van der Waals surface area contributed by atoms with Gasteiger partial charge in [0.15, 0.2) is 0 Å². The molecule has 0 saturated carbocycles. The number of nitrogens with one attached hydrogen (secondary N) is 1. The van der Waals surface area contributed by atoms with E-state index < -0.39 is 5.91 Å². The van der Waals surface area contributed by atoms with Crippen LogP contribution in [-0.2, 0) is 9.59 Å². The van der Waals surface area contributed by atoms with E-state index >= 15 is 0 Å². The van der Waals surface area contributed by atoms with E-state index in [1.165, 1.54) is 16.7 Å². The van der Waals surface area contributed by atoms with Crippen molar-refractivity contribution in [2.75, 3.05) is 22.6 Å². The van der Waals surface area contributed by atoms with Crippen molar-refractivity contribution in [3.63, 3.8) is 0 Å². The first kappa shape index (κ1) is 19.5. The predicted octanol–water partition coefficient (Wildman–Crippen LogP) is 3.85. The molecule has 0 spiro atoms. The van der Waals surface area contributed by atoms with Crippen LogP contribution in [0.2, 0.25) is 0 Å². The molecule has 1 fully saturated rings. The van der Waals surface area contributed by atoms with Crippen LogP contribution >= 0.6 is 11.8 Å². The summed E-state index contributed by atoms with van der Waals surface area (Å²) in [5.41, 5.74) is 2.15. The minimum absolute atomic E-state index is 0.0923. The molecular formula is C21H19N3O3S. The maximum atomic E-state index is 12.7. The quantitative estimate of drug-likeness (QED) is 0.616. The predicted molar refractivity (Wildman–Crippen MR) is 110 cm³/mol. The Balaban J connectivity index is 1.91. The van der Waals surface area contributed by atoms with E-state index in [0.717, 1.165) is 5.56 Å². The first-order chi connectivity index (χ1) is 13.5. The molecular weight excluding hydrogens is 374 g/mol. The van der Waals surface area contributed by atoms with E-state index in [2.05, 4.69) is 5.32 Å². The van der Waals surface area contributed by atoms with Crippen LogP contribution in [-0.4, -0.2) is 24.2 Å². The van der Waals surface area contributed by atoms with Gasteiger partial charge in [-0.25, -0.2) is 0 Å². The van der Waals surface area contributed by atoms with Crippen molar-refractivity contribution >= 4 is 35.0 Å². The molecule has 2 aromatic carbocycles. The molecule has 0 atom stereocenters. The molecule has 0 unspecified atom stereocenters. The Hall–Kier alpha value is -3.24. The second-order valence-corrected chi connectivity index (χ2v) is 7.02. The van der Waals surface area contributed by atoms with Crippen molar-refractivity contribution in [3.05, 3.63) is 64.7 Å². The molecule has 1 heterocycles. The monoisotopic (exact) mass is 393 g/mol. The van der Waals surface area contributed by atoms with Gasteiger partial charge in [-0.3, -0.25) is 14.5 Å². The Labute approximate surface area is 167 Å². The number of hydrogen-bond acceptors (Lipinski definition) is 5. The minimum Gasteiger partial charge on any atom is -0.494 e. The Morgan fingerprint density at radius 2 is 1.89 bits per heavy atom. The van der Waals surface area contributed by atoms with Crippen LogP contribution in [0.5, 0.6) is 5.75 Å².